The summed E-state index contributed by atoms with van der Waals surface area (Å²) in [5.74, 6) is -0.552. The van der Waals surface area contributed by atoms with Crippen molar-refractivity contribution in [2.45, 2.75) is 12.6 Å². The van der Waals surface area contributed by atoms with Crippen molar-refractivity contribution in [1.29, 1.82) is 0 Å². The van der Waals surface area contributed by atoms with Crippen molar-refractivity contribution in [2.24, 2.45) is 11.5 Å². The maximum Gasteiger partial charge on any atom is 0.335 e. The maximum absolute atomic E-state index is 11.1. The fourth-order valence-electron chi connectivity index (χ4n) is 1.96. The van der Waals surface area contributed by atoms with Gasteiger partial charge in [-0.05, 0) is 17.7 Å². The Balaban J connectivity index is 2.25. The predicted molar refractivity (Wildman–Crippen MR) is 80.2 cm³/mol. The van der Waals surface area contributed by atoms with Crippen LogP contribution in [0.25, 0.3) is 0 Å². The van der Waals surface area contributed by atoms with Crippen molar-refractivity contribution in [2.75, 3.05) is 6.54 Å². The molecular formula is C16H18N2O3. The van der Waals surface area contributed by atoms with Crippen LogP contribution in [0.15, 0.2) is 48.5 Å². The average molecular weight is 286 g/mol. The highest BCUT2D eigenvalue weighted by Gasteiger charge is 2.14. The molecule has 1 unspecified atom stereocenters. The van der Waals surface area contributed by atoms with Crippen molar-refractivity contribution in [1.82, 2.24) is 0 Å². The molecule has 0 saturated heterocycles. The van der Waals surface area contributed by atoms with E-state index in [1.165, 1.54) is 12.1 Å². The Hall–Kier alpha value is -2.37. The molecule has 110 valence electrons. The van der Waals surface area contributed by atoms with E-state index in [0.29, 0.717) is 17.9 Å². The summed E-state index contributed by atoms with van der Waals surface area (Å²) in [5, 5.41) is 9.07. The molecule has 0 spiro atoms. The number of hydrogen-bond donors (Lipinski definition) is 3. The van der Waals surface area contributed by atoms with Crippen LogP contribution in [-0.4, -0.2) is 17.6 Å². The van der Waals surface area contributed by atoms with Crippen LogP contribution < -0.4 is 16.2 Å². The minimum absolute atomic E-state index is 0.158. The molecule has 0 fully saturated rings. The Morgan fingerprint density at radius 1 is 1.19 bits per heavy atom. The summed E-state index contributed by atoms with van der Waals surface area (Å²) >= 11 is 0. The first-order valence-corrected chi connectivity index (χ1v) is 6.61. The SMILES string of the molecule is NCC(N)c1ccc(C(=O)O)cc1OCc1ccccc1. The van der Waals surface area contributed by atoms with Crippen LogP contribution in [0.5, 0.6) is 5.75 Å². The third-order valence-electron chi connectivity index (χ3n) is 3.15. The Labute approximate surface area is 123 Å². The number of ether oxygens (including phenoxy) is 1. The zero-order valence-corrected chi connectivity index (χ0v) is 11.5. The standard InChI is InChI=1S/C16H18N2O3/c17-9-14(18)13-7-6-12(16(19)20)8-15(13)21-10-11-4-2-1-3-5-11/h1-8,14H,9-10,17-18H2,(H,19,20). The highest BCUT2D eigenvalue weighted by molar-refractivity contribution is 5.88. The third kappa shape index (κ3) is 3.81. The van der Waals surface area contributed by atoms with Crippen LogP contribution in [0, 0.1) is 0 Å². The number of nitrogens with two attached hydrogens (primary N) is 2. The first-order chi connectivity index (χ1) is 10.1. The first kappa shape index (κ1) is 15.0. The van der Waals surface area contributed by atoms with Crippen molar-refractivity contribution in [3.8, 4) is 5.75 Å². The van der Waals surface area contributed by atoms with Crippen molar-refractivity contribution < 1.29 is 14.6 Å². The number of carboxylic acids is 1. The molecule has 5 N–H and O–H groups in total. The minimum atomic E-state index is -1.01. The Bertz CT molecular complexity index is 614. The van der Waals surface area contributed by atoms with Crippen LogP contribution >= 0.6 is 0 Å². The summed E-state index contributed by atoms with van der Waals surface area (Å²) in [5.41, 5.74) is 13.4. The van der Waals surface area contributed by atoms with Gasteiger partial charge in [-0.2, -0.15) is 0 Å². The number of benzene rings is 2. The summed E-state index contributed by atoms with van der Waals surface area (Å²) in [6, 6.07) is 13.9. The summed E-state index contributed by atoms with van der Waals surface area (Å²) in [6.07, 6.45) is 0. The number of aromatic carboxylic acids is 1. The van der Waals surface area contributed by atoms with E-state index in [4.69, 9.17) is 21.3 Å². The van der Waals surface area contributed by atoms with Gasteiger partial charge in [0.1, 0.15) is 12.4 Å². The lowest BCUT2D eigenvalue weighted by molar-refractivity contribution is 0.0696. The topological polar surface area (TPSA) is 98.6 Å². The molecule has 0 aromatic heterocycles. The lowest BCUT2D eigenvalue weighted by atomic mass is 10.0. The molecule has 2 aromatic carbocycles. The first-order valence-electron chi connectivity index (χ1n) is 6.61. The molecule has 0 bridgehead atoms. The zero-order valence-electron chi connectivity index (χ0n) is 11.5. The Morgan fingerprint density at radius 3 is 2.52 bits per heavy atom. The van der Waals surface area contributed by atoms with E-state index < -0.39 is 12.0 Å². The molecule has 2 aromatic rings. The van der Waals surface area contributed by atoms with Gasteiger partial charge in [0.05, 0.1) is 5.56 Å². The van der Waals surface area contributed by atoms with E-state index >= 15 is 0 Å². The minimum Gasteiger partial charge on any atom is -0.489 e. The molecule has 21 heavy (non-hydrogen) atoms. The molecule has 5 nitrogen and oxygen atoms in total. The molecular weight excluding hydrogens is 268 g/mol. The van der Waals surface area contributed by atoms with E-state index in [1.807, 2.05) is 30.3 Å². The van der Waals surface area contributed by atoms with Crippen LogP contribution in [0.3, 0.4) is 0 Å². The van der Waals surface area contributed by atoms with Gasteiger partial charge >= 0.3 is 5.97 Å². The number of carbonyl (C=O) groups is 1. The fourth-order valence-corrected chi connectivity index (χ4v) is 1.96. The van der Waals surface area contributed by atoms with Crippen LogP contribution in [0.4, 0.5) is 0 Å². The molecule has 0 aliphatic carbocycles. The average Bonchev–Trinajstić information content (AvgIpc) is 2.52. The van der Waals surface area contributed by atoms with Crippen molar-refractivity contribution in [3.63, 3.8) is 0 Å². The summed E-state index contributed by atoms with van der Waals surface area (Å²) in [7, 11) is 0. The molecule has 0 radical (unpaired) electrons. The van der Waals surface area contributed by atoms with Gasteiger partial charge in [0, 0.05) is 18.2 Å². The van der Waals surface area contributed by atoms with Crippen LogP contribution in [-0.2, 0) is 6.61 Å². The lowest BCUT2D eigenvalue weighted by Gasteiger charge is -2.16. The van der Waals surface area contributed by atoms with Gasteiger partial charge in [-0.15, -0.1) is 0 Å². The van der Waals surface area contributed by atoms with Gasteiger partial charge in [-0.3, -0.25) is 0 Å². The van der Waals surface area contributed by atoms with Gasteiger partial charge in [0.2, 0.25) is 0 Å². The molecule has 2 rings (SSSR count). The van der Waals surface area contributed by atoms with E-state index in [-0.39, 0.29) is 12.1 Å². The zero-order chi connectivity index (χ0) is 15.2. The molecule has 0 saturated carbocycles. The van der Waals surface area contributed by atoms with Crippen LogP contribution in [0.2, 0.25) is 0 Å². The van der Waals surface area contributed by atoms with E-state index in [0.717, 1.165) is 5.56 Å². The third-order valence-corrected chi connectivity index (χ3v) is 3.15. The number of hydrogen-bond acceptors (Lipinski definition) is 4. The normalized spacial score (nSPS) is 11.9. The highest BCUT2D eigenvalue weighted by atomic mass is 16.5. The second-order valence-electron chi connectivity index (χ2n) is 4.67. The highest BCUT2D eigenvalue weighted by Crippen LogP contribution is 2.26. The maximum atomic E-state index is 11.1. The van der Waals surface area contributed by atoms with E-state index in [9.17, 15) is 4.79 Å². The van der Waals surface area contributed by atoms with Crippen LogP contribution in [0.1, 0.15) is 27.5 Å². The number of carboxylic acid groups (broad SMARTS) is 1. The molecule has 0 aliphatic rings. The fraction of sp³-hybridized carbons (Fsp3) is 0.188. The summed E-state index contributed by atoms with van der Waals surface area (Å²) in [6.45, 7) is 0.600. The number of rotatable bonds is 6. The van der Waals surface area contributed by atoms with Gasteiger partial charge in [0.15, 0.2) is 0 Å². The second-order valence-corrected chi connectivity index (χ2v) is 4.67. The van der Waals surface area contributed by atoms with Gasteiger partial charge in [0.25, 0.3) is 0 Å². The lowest BCUT2D eigenvalue weighted by Crippen LogP contribution is -2.21. The predicted octanol–water partition coefficient (Wildman–Crippen LogP) is 1.92. The van der Waals surface area contributed by atoms with Crippen molar-refractivity contribution in [3.05, 3.63) is 65.2 Å². The largest absolute Gasteiger partial charge is 0.489 e. The van der Waals surface area contributed by atoms with Gasteiger partial charge in [-0.1, -0.05) is 36.4 Å². The van der Waals surface area contributed by atoms with E-state index in [2.05, 4.69) is 0 Å². The Morgan fingerprint density at radius 2 is 1.90 bits per heavy atom. The van der Waals surface area contributed by atoms with Gasteiger partial charge < -0.3 is 21.3 Å². The Kier molecular flexibility index (Phi) is 4.92. The molecule has 5 heteroatoms. The quantitative estimate of drug-likeness (QED) is 0.753. The second kappa shape index (κ2) is 6.88. The summed E-state index contributed by atoms with van der Waals surface area (Å²) in [4.78, 5) is 11.1. The van der Waals surface area contributed by atoms with Crippen molar-refractivity contribution >= 4 is 5.97 Å². The monoisotopic (exact) mass is 286 g/mol. The molecule has 0 amide bonds. The smallest absolute Gasteiger partial charge is 0.335 e. The van der Waals surface area contributed by atoms with Gasteiger partial charge in [-0.25, -0.2) is 4.79 Å². The molecule has 0 aliphatic heterocycles. The van der Waals surface area contributed by atoms with E-state index in [1.54, 1.807) is 6.07 Å². The summed E-state index contributed by atoms with van der Waals surface area (Å²) < 4.78 is 5.74. The molecule has 1 atom stereocenters. The molecule has 0 heterocycles.